The van der Waals surface area contributed by atoms with E-state index in [2.05, 4.69) is 0 Å². The topological polar surface area (TPSA) is 46.6 Å². The Balaban J connectivity index is 2.31. The van der Waals surface area contributed by atoms with Gasteiger partial charge in [0, 0.05) is 10.9 Å². The molecule has 2 rings (SSSR count). The van der Waals surface area contributed by atoms with Crippen molar-refractivity contribution in [2.75, 3.05) is 5.88 Å². The molecule has 0 atom stereocenters. The van der Waals surface area contributed by atoms with Gasteiger partial charge in [-0.2, -0.15) is 5.06 Å². The number of amides is 1. The van der Waals surface area contributed by atoms with Crippen molar-refractivity contribution < 1.29 is 14.4 Å². The van der Waals surface area contributed by atoms with Crippen molar-refractivity contribution in [3.8, 4) is 0 Å². The largest absolute Gasteiger partial charge is 0.363 e. The Kier molecular flexibility index (Phi) is 6.68. The highest BCUT2D eigenvalue weighted by atomic mass is 35.5. The molecule has 2 aromatic carbocycles. The number of carbonyl (C=O) groups excluding carboxylic acids is 2. The normalized spacial score (nSPS) is 11.1. The fourth-order valence-corrected chi connectivity index (χ4v) is 2.58. The number of alkyl halides is 1. The van der Waals surface area contributed by atoms with Crippen LogP contribution >= 0.6 is 23.2 Å². The number of rotatable bonds is 5. The van der Waals surface area contributed by atoms with Crippen molar-refractivity contribution in [3.05, 3.63) is 70.2 Å². The molecule has 0 aliphatic rings. The van der Waals surface area contributed by atoms with E-state index in [1.807, 2.05) is 6.07 Å². The molecular weight excluding hydrogens is 373 g/mol. The number of benzene rings is 2. The van der Waals surface area contributed by atoms with E-state index in [-0.39, 0.29) is 12.4 Å². The van der Waals surface area contributed by atoms with Gasteiger partial charge < -0.3 is 4.84 Å². The van der Waals surface area contributed by atoms with Crippen LogP contribution in [-0.4, -0.2) is 22.8 Å². The monoisotopic (exact) mass is 393 g/mol. The summed E-state index contributed by atoms with van der Waals surface area (Å²) < 4.78 is 0. The van der Waals surface area contributed by atoms with Crippen molar-refractivity contribution in [2.45, 2.75) is 27.3 Å². The lowest BCUT2D eigenvalue weighted by molar-refractivity contribution is -0.178. The van der Waals surface area contributed by atoms with Gasteiger partial charge in [0.1, 0.15) is 0 Å². The van der Waals surface area contributed by atoms with Crippen molar-refractivity contribution in [2.24, 2.45) is 5.41 Å². The standard InChI is InChI=1S/C20H21Cl2NO3/c1-14-8-4-6-10-16(14)18(24)26-23(19(25)20(2,3)13-21)12-15-9-5-7-11-17(15)22/h4-11H,12-13H2,1-3H3. The Hall–Kier alpha value is -2.04. The quantitative estimate of drug-likeness (QED) is 0.529. The number of carbonyl (C=O) groups is 2. The lowest BCUT2D eigenvalue weighted by Crippen LogP contribution is -2.42. The molecule has 0 saturated carbocycles. The summed E-state index contributed by atoms with van der Waals surface area (Å²) in [4.78, 5) is 30.9. The summed E-state index contributed by atoms with van der Waals surface area (Å²) in [5, 5.41) is 1.53. The van der Waals surface area contributed by atoms with E-state index in [0.717, 1.165) is 10.6 Å². The molecule has 0 unspecified atom stereocenters. The van der Waals surface area contributed by atoms with E-state index < -0.39 is 17.3 Å². The molecule has 0 fully saturated rings. The van der Waals surface area contributed by atoms with Crippen molar-refractivity contribution >= 4 is 35.1 Å². The van der Waals surface area contributed by atoms with Crippen LogP contribution in [0.5, 0.6) is 0 Å². The van der Waals surface area contributed by atoms with Gasteiger partial charge in [0.25, 0.3) is 5.91 Å². The molecule has 0 heterocycles. The van der Waals surface area contributed by atoms with Gasteiger partial charge in [0.2, 0.25) is 0 Å². The predicted molar refractivity (Wildman–Crippen MR) is 103 cm³/mol. The summed E-state index contributed by atoms with van der Waals surface area (Å²) in [6.07, 6.45) is 0. The molecule has 0 bridgehead atoms. The zero-order valence-electron chi connectivity index (χ0n) is 15.0. The summed E-state index contributed by atoms with van der Waals surface area (Å²) in [6.45, 7) is 5.24. The van der Waals surface area contributed by atoms with Crippen LogP contribution in [0.25, 0.3) is 0 Å². The van der Waals surface area contributed by atoms with Crippen molar-refractivity contribution in [1.29, 1.82) is 0 Å². The number of halogens is 2. The molecule has 4 nitrogen and oxygen atoms in total. The van der Waals surface area contributed by atoms with Gasteiger partial charge in [-0.1, -0.05) is 48.0 Å². The average Bonchev–Trinajstić information content (AvgIpc) is 2.62. The minimum absolute atomic E-state index is 0.0381. The molecule has 1 amide bonds. The lowest BCUT2D eigenvalue weighted by Gasteiger charge is -2.29. The van der Waals surface area contributed by atoms with Crippen LogP contribution in [0.2, 0.25) is 5.02 Å². The Labute approximate surface area is 163 Å². The van der Waals surface area contributed by atoms with Crippen LogP contribution in [0, 0.1) is 12.3 Å². The van der Waals surface area contributed by atoms with Gasteiger partial charge >= 0.3 is 5.97 Å². The fourth-order valence-electron chi connectivity index (χ4n) is 2.27. The second kappa shape index (κ2) is 8.56. The van der Waals surface area contributed by atoms with Crippen LogP contribution in [0.1, 0.15) is 35.3 Å². The second-order valence-corrected chi connectivity index (χ2v) is 7.32. The molecule has 138 valence electrons. The Morgan fingerprint density at radius 1 is 1.08 bits per heavy atom. The molecule has 6 heteroatoms. The highest BCUT2D eigenvalue weighted by Gasteiger charge is 2.34. The summed E-state index contributed by atoms with van der Waals surface area (Å²) in [6, 6.07) is 14.1. The maximum atomic E-state index is 12.9. The summed E-state index contributed by atoms with van der Waals surface area (Å²) >= 11 is 12.1. The SMILES string of the molecule is Cc1ccccc1C(=O)ON(Cc1ccccc1Cl)C(=O)C(C)(C)CCl. The van der Waals surface area contributed by atoms with Gasteiger partial charge in [0.05, 0.1) is 17.5 Å². The van der Waals surface area contributed by atoms with E-state index >= 15 is 0 Å². The van der Waals surface area contributed by atoms with Crippen molar-refractivity contribution in [3.63, 3.8) is 0 Å². The van der Waals surface area contributed by atoms with E-state index in [9.17, 15) is 9.59 Å². The predicted octanol–water partition coefficient (Wildman–Crippen LogP) is 5.01. The molecule has 0 aliphatic heterocycles. The summed E-state index contributed by atoms with van der Waals surface area (Å²) in [5.41, 5.74) is 0.937. The molecule has 0 N–H and O–H groups in total. The second-order valence-electron chi connectivity index (χ2n) is 6.64. The van der Waals surface area contributed by atoms with Gasteiger partial charge in [0.15, 0.2) is 0 Å². The van der Waals surface area contributed by atoms with Gasteiger partial charge in [-0.15, -0.1) is 11.6 Å². The van der Waals surface area contributed by atoms with Crippen LogP contribution in [0.15, 0.2) is 48.5 Å². The Morgan fingerprint density at radius 3 is 2.31 bits per heavy atom. The number of nitrogens with zero attached hydrogens (tertiary/aromatic N) is 1. The summed E-state index contributed by atoms with van der Waals surface area (Å²) in [7, 11) is 0. The smallest absolute Gasteiger partial charge is 0.332 e. The number of hydrogen-bond acceptors (Lipinski definition) is 3. The molecule has 0 aliphatic carbocycles. The number of hydroxylamine groups is 2. The van der Waals surface area contributed by atoms with Crippen LogP contribution < -0.4 is 0 Å². The fraction of sp³-hybridized carbons (Fsp3) is 0.300. The molecule has 0 aromatic heterocycles. The highest BCUT2D eigenvalue weighted by Crippen LogP contribution is 2.25. The number of hydrogen-bond donors (Lipinski definition) is 0. The molecule has 2 aromatic rings. The maximum absolute atomic E-state index is 12.9. The first-order chi connectivity index (χ1) is 12.3. The van der Waals surface area contributed by atoms with Crippen LogP contribution in [0.3, 0.4) is 0 Å². The van der Waals surface area contributed by atoms with E-state index in [1.54, 1.807) is 63.2 Å². The molecule has 0 radical (unpaired) electrons. The van der Waals surface area contributed by atoms with Crippen LogP contribution in [0.4, 0.5) is 0 Å². The third kappa shape index (κ3) is 4.77. The molecule has 0 saturated heterocycles. The Bertz CT molecular complexity index is 805. The zero-order valence-corrected chi connectivity index (χ0v) is 16.5. The van der Waals surface area contributed by atoms with Crippen molar-refractivity contribution in [1.82, 2.24) is 5.06 Å². The third-order valence-corrected chi connectivity index (χ3v) is 5.01. The van der Waals surface area contributed by atoms with E-state index in [1.165, 1.54) is 0 Å². The minimum Gasteiger partial charge on any atom is -0.332 e. The van der Waals surface area contributed by atoms with E-state index in [4.69, 9.17) is 28.0 Å². The van der Waals surface area contributed by atoms with Gasteiger partial charge in [-0.05, 0) is 44.0 Å². The first kappa shape index (κ1) is 20.3. The third-order valence-electron chi connectivity index (χ3n) is 3.97. The van der Waals surface area contributed by atoms with Gasteiger partial charge in [-0.25, -0.2) is 4.79 Å². The number of aryl methyl sites for hydroxylation is 1. The molecule has 0 spiro atoms. The highest BCUT2D eigenvalue weighted by molar-refractivity contribution is 6.31. The molecule has 26 heavy (non-hydrogen) atoms. The minimum atomic E-state index is -0.894. The first-order valence-corrected chi connectivity index (χ1v) is 9.07. The maximum Gasteiger partial charge on any atom is 0.363 e. The first-order valence-electron chi connectivity index (χ1n) is 8.15. The van der Waals surface area contributed by atoms with E-state index in [0.29, 0.717) is 16.1 Å². The Morgan fingerprint density at radius 2 is 1.69 bits per heavy atom. The lowest BCUT2D eigenvalue weighted by atomic mass is 9.95. The zero-order chi connectivity index (χ0) is 19.3. The average molecular weight is 394 g/mol. The van der Waals surface area contributed by atoms with Gasteiger partial charge in [-0.3, -0.25) is 4.79 Å². The van der Waals surface area contributed by atoms with Crippen LogP contribution in [-0.2, 0) is 16.2 Å². The molecular formula is C20H21Cl2NO3. The summed E-state index contributed by atoms with van der Waals surface area (Å²) in [5.74, 6) is -0.907.